The van der Waals surface area contributed by atoms with Crippen LogP contribution in [0.2, 0.25) is 0 Å². The number of amides is 1. The lowest BCUT2D eigenvalue weighted by atomic mass is 10.0. The van der Waals surface area contributed by atoms with Crippen LogP contribution in [0.15, 0.2) is 0 Å². The Hall–Kier alpha value is -0.570. The lowest BCUT2D eigenvalue weighted by Crippen LogP contribution is -2.39. The minimum Gasteiger partial charge on any atom is -0.343 e. The second kappa shape index (κ2) is 4.78. The summed E-state index contributed by atoms with van der Waals surface area (Å²) in [5.41, 5.74) is 0. The van der Waals surface area contributed by atoms with E-state index >= 15 is 0 Å². The molecule has 3 heteroatoms. The van der Waals surface area contributed by atoms with Gasteiger partial charge in [-0.05, 0) is 32.2 Å². The third-order valence-electron chi connectivity index (χ3n) is 3.29. The van der Waals surface area contributed by atoms with Gasteiger partial charge in [0.25, 0.3) is 0 Å². The van der Waals surface area contributed by atoms with E-state index in [4.69, 9.17) is 0 Å². The molecule has 2 rings (SSSR count). The highest BCUT2D eigenvalue weighted by atomic mass is 16.2. The minimum atomic E-state index is 0.363. The molecule has 0 aromatic rings. The first-order valence-electron chi connectivity index (χ1n) is 5.87. The van der Waals surface area contributed by atoms with Crippen LogP contribution in [0.5, 0.6) is 0 Å². The number of hydrogen-bond donors (Lipinski definition) is 1. The highest BCUT2D eigenvalue weighted by Gasteiger charge is 2.22. The molecule has 2 fully saturated rings. The number of carbonyl (C=O) groups is 1. The van der Waals surface area contributed by atoms with Crippen LogP contribution in [0.3, 0.4) is 0 Å². The van der Waals surface area contributed by atoms with Gasteiger partial charge in [0, 0.05) is 25.6 Å². The molecule has 0 saturated carbocycles. The Labute approximate surface area is 85.8 Å². The Balaban J connectivity index is 1.75. The van der Waals surface area contributed by atoms with E-state index in [9.17, 15) is 4.79 Å². The zero-order chi connectivity index (χ0) is 9.80. The van der Waals surface area contributed by atoms with Crippen LogP contribution in [0, 0.1) is 0 Å². The Bertz CT molecular complexity index is 193. The number of carbonyl (C=O) groups excluding carboxylic acids is 1. The molecule has 2 aliphatic heterocycles. The molecule has 2 heterocycles. The van der Waals surface area contributed by atoms with E-state index in [0.29, 0.717) is 11.9 Å². The van der Waals surface area contributed by atoms with E-state index in [0.717, 1.165) is 26.1 Å². The third-order valence-corrected chi connectivity index (χ3v) is 3.29. The smallest absolute Gasteiger partial charge is 0.224 e. The van der Waals surface area contributed by atoms with Crippen molar-refractivity contribution in [1.29, 1.82) is 0 Å². The molecular weight excluding hydrogens is 176 g/mol. The topological polar surface area (TPSA) is 32.3 Å². The van der Waals surface area contributed by atoms with E-state index < -0.39 is 0 Å². The van der Waals surface area contributed by atoms with Crippen LogP contribution in [0.4, 0.5) is 0 Å². The highest BCUT2D eigenvalue weighted by Crippen LogP contribution is 2.14. The van der Waals surface area contributed by atoms with E-state index in [1.165, 1.54) is 32.1 Å². The van der Waals surface area contributed by atoms with Crippen LogP contribution in [-0.4, -0.2) is 36.5 Å². The molecule has 14 heavy (non-hydrogen) atoms. The van der Waals surface area contributed by atoms with Crippen molar-refractivity contribution < 1.29 is 4.79 Å². The molecule has 0 bridgehead atoms. The summed E-state index contributed by atoms with van der Waals surface area (Å²) in [6.07, 6.45) is 6.85. The number of likely N-dealkylation sites (tertiary alicyclic amines) is 1. The Morgan fingerprint density at radius 3 is 2.64 bits per heavy atom. The van der Waals surface area contributed by atoms with Gasteiger partial charge >= 0.3 is 0 Å². The largest absolute Gasteiger partial charge is 0.343 e. The fourth-order valence-electron chi connectivity index (χ4n) is 2.40. The second-order valence-electron chi connectivity index (χ2n) is 4.44. The Morgan fingerprint density at radius 2 is 2.00 bits per heavy atom. The van der Waals surface area contributed by atoms with E-state index in [2.05, 4.69) is 5.32 Å². The molecule has 1 amide bonds. The number of rotatable bonds is 2. The number of piperidine rings is 1. The lowest BCUT2D eigenvalue weighted by molar-refractivity contribution is -0.130. The fraction of sp³-hybridized carbons (Fsp3) is 0.909. The number of hydrogen-bond acceptors (Lipinski definition) is 2. The molecule has 0 aromatic carbocycles. The standard InChI is InChI=1S/C11H20N2O/c14-11(13-7-3-4-8-13)9-10-5-1-2-6-12-10/h10,12H,1-9H2. The van der Waals surface area contributed by atoms with Crippen molar-refractivity contribution in [2.75, 3.05) is 19.6 Å². The lowest BCUT2D eigenvalue weighted by Gasteiger charge is -2.25. The Morgan fingerprint density at radius 1 is 1.21 bits per heavy atom. The van der Waals surface area contributed by atoms with Gasteiger partial charge in [-0.25, -0.2) is 0 Å². The molecule has 1 N–H and O–H groups in total. The summed E-state index contributed by atoms with van der Waals surface area (Å²) in [5.74, 6) is 0.363. The molecule has 0 aromatic heterocycles. The summed E-state index contributed by atoms with van der Waals surface area (Å²) in [6, 6.07) is 0.455. The van der Waals surface area contributed by atoms with Crippen LogP contribution in [0.1, 0.15) is 38.5 Å². The molecule has 1 atom stereocenters. The van der Waals surface area contributed by atoms with Gasteiger partial charge in [0.1, 0.15) is 0 Å². The van der Waals surface area contributed by atoms with Gasteiger partial charge in [0.05, 0.1) is 0 Å². The third kappa shape index (κ3) is 2.47. The van der Waals surface area contributed by atoms with Crippen molar-refractivity contribution in [1.82, 2.24) is 10.2 Å². The summed E-state index contributed by atoms with van der Waals surface area (Å²) in [5, 5.41) is 3.43. The van der Waals surface area contributed by atoms with E-state index in [1.807, 2.05) is 4.90 Å². The average Bonchev–Trinajstić information content (AvgIpc) is 2.72. The highest BCUT2D eigenvalue weighted by molar-refractivity contribution is 5.77. The molecule has 3 nitrogen and oxygen atoms in total. The normalized spacial score (nSPS) is 28.0. The van der Waals surface area contributed by atoms with Crippen LogP contribution in [-0.2, 0) is 4.79 Å². The van der Waals surface area contributed by atoms with Gasteiger partial charge in [0.15, 0.2) is 0 Å². The predicted molar refractivity (Wildman–Crippen MR) is 56.1 cm³/mol. The molecule has 2 saturated heterocycles. The molecule has 0 spiro atoms. The first-order valence-corrected chi connectivity index (χ1v) is 5.87. The summed E-state index contributed by atoms with van der Waals surface area (Å²) in [6.45, 7) is 3.08. The quantitative estimate of drug-likeness (QED) is 0.718. The van der Waals surface area contributed by atoms with Gasteiger partial charge in [-0.2, -0.15) is 0 Å². The first-order chi connectivity index (χ1) is 6.86. The minimum absolute atomic E-state index is 0.363. The van der Waals surface area contributed by atoms with Crippen LogP contribution < -0.4 is 5.32 Å². The molecular formula is C11H20N2O. The molecule has 1 unspecified atom stereocenters. The number of nitrogens with zero attached hydrogens (tertiary/aromatic N) is 1. The zero-order valence-corrected chi connectivity index (χ0v) is 8.80. The number of nitrogens with one attached hydrogen (secondary N) is 1. The summed E-state index contributed by atoms with van der Waals surface area (Å²) in [4.78, 5) is 13.8. The SMILES string of the molecule is O=C(CC1CCCCN1)N1CCCC1. The summed E-state index contributed by atoms with van der Waals surface area (Å²) in [7, 11) is 0. The van der Waals surface area contributed by atoms with Crippen molar-refractivity contribution >= 4 is 5.91 Å². The first kappa shape index (κ1) is 9.97. The van der Waals surface area contributed by atoms with Crippen LogP contribution in [0.25, 0.3) is 0 Å². The molecule has 0 aliphatic carbocycles. The average molecular weight is 196 g/mol. The Kier molecular flexibility index (Phi) is 3.40. The molecule has 0 radical (unpaired) electrons. The second-order valence-corrected chi connectivity index (χ2v) is 4.44. The summed E-state index contributed by atoms with van der Waals surface area (Å²) >= 11 is 0. The van der Waals surface area contributed by atoms with Crippen LogP contribution >= 0.6 is 0 Å². The van der Waals surface area contributed by atoms with E-state index in [1.54, 1.807) is 0 Å². The fourth-order valence-corrected chi connectivity index (χ4v) is 2.40. The van der Waals surface area contributed by atoms with Crippen molar-refractivity contribution in [3.05, 3.63) is 0 Å². The maximum Gasteiger partial charge on any atom is 0.224 e. The maximum absolute atomic E-state index is 11.8. The zero-order valence-electron chi connectivity index (χ0n) is 8.80. The summed E-state index contributed by atoms with van der Waals surface area (Å²) < 4.78 is 0. The monoisotopic (exact) mass is 196 g/mol. The molecule has 2 aliphatic rings. The van der Waals surface area contributed by atoms with Gasteiger partial charge in [-0.15, -0.1) is 0 Å². The van der Waals surface area contributed by atoms with E-state index in [-0.39, 0.29) is 0 Å². The van der Waals surface area contributed by atoms with Crippen molar-refractivity contribution in [2.24, 2.45) is 0 Å². The van der Waals surface area contributed by atoms with Crippen molar-refractivity contribution in [3.8, 4) is 0 Å². The van der Waals surface area contributed by atoms with Gasteiger partial charge in [-0.3, -0.25) is 4.79 Å². The predicted octanol–water partition coefficient (Wildman–Crippen LogP) is 1.14. The van der Waals surface area contributed by atoms with Crippen molar-refractivity contribution in [3.63, 3.8) is 0 Å². The van der Waals surface area contributed by atoms with Gasteiger partial charge in [0.2, 0.25) is 5.91 Å². The molecule has 80 valence electrons. The van der Waals surface area contributed by atoms with Gasteiger partial charge in [-0.1, -0.05) is 6.42 Å². The maximum atomic E-state index is 11.8. The van der Waals surface area contributed by atoms with Crippen molar-refractivity contribution in [2.45, 2.75) is 44.6 Å². The van der Waals surface area contributed by atoms with Gasteiger partial charge < -0.3 is 10.2 Å².